The van der Waals surface area contributed by atoms with E-state index in [0.717, 1.165) is 11.1 Å². The molecular formula is C23H22Cl2N2O4S. The minimum absolute atomic E-state index is 0.0148. The topological polar surface area (TPSA) is 84.5 Å². The highest BCUT2D eigenvalue weighted by atomic mass is 35.5. The molecule has 32 heavy (non-hydrogen) atoms. The number of nitrogens with one attached hydrogen (secondary N) is 2. The van der Waals surface area contributed by atoms with Crippen LogP contribution in [0.1, 0.15) is 18.1 Å². The summed E-state index contributed by atoms with van der Waals surface area (Å²) in [5.41, 5.74) is 2.86. The Morgan fingerprint density at radius 1 is 0.938 bits per heavy atom. The van der Waals surface area contributed by atoms with Gasteiger partial charge in [0.05, 0.1) is 15.6 Å². The molecular weight excluding hydrogens is 471 g/mol. The van der Waals surface area contributed by atoms with Crippen LogP contribution in [0.2, 0.25) is 10.0 Å². The molecule has 3 aromatic carbocycles. The van der Waals surface area contributed by atoms with Gasteiger partial charge >= 0.3 is 0 Å². The molecule has 3 rings (SSSR count). The SMILES string of the molecule is Cc1ccc(O[C@H](C)C(=O)Nc2ccc(S(=O)(=O)Nc3ccc(Cl)cc3Cl)cc2)cc1C. The Hall–Kier alpha value is -2.74. The maximum absolute atomic E-state index is 12.6. The van der Waals surface area contributed by atoms with Crippen LogP contribution in [0.3, 0.4) is 0 Å². The first-order valence-corrected chi connectivity index (χ1v) is 11.9. The zero-order chi connectivity index (χ0) is 23.5. The van der Waals surface area contributed by atoms with E-state index in [9.17, 15) is 13.2 Å². The molecule has 1 amide bonds. The van der Waals surface area contributed by atoms with Gasteiger partial charge < -0.3 is 10.1 Å². The molecule has 0 saturated heterocycles. The van der Waals surface area contributed by atoms with Gasteiger partial charge in [-0.25, -0.2) is 8.42 Å². The molecule has 0 aliphatic heterocycles. The second kappa shape index (κ2) is 9.81. The predicted octanol–water partition coefficient (Wildman–Crippen LogP) is 5.82. The first-order chi connectivity index (χ1) is 15.0. The van der Waals surface area contributed by atoms with Gasteiger partial charge in [0.15, 0.2) is 6.10 Å². The third-order valence-electron chi connectivity index (χ3n) is 4.77. The summed E-state index contributed by atoms with van der Waals surface area (Å²) in [7, 11) is -3.87. The molecule has 0 radical (unpaired) electrons. The van der Waals surface area contributed by atoms with E-state index in [1.807, 2.05) is 32.0 Å². The number of benzene rings is 3. The van der Waals surface area contributed by atoms with Crippen molar-refractivity contribution in [2.24, 2.45) is 0 Å². The van der Waals surface area contributed by atoms with E-state index in [0.29, 0.717) is 16.5 Å². The van der Waals surface area contributed by atoms with E-state index in [1.54, 1.807) is 6.92 Å². The minimum Gasteiger partial charge on any atom is -0.481 e. The second-order valence-corrected chi connectivity index (χ2v) is 9.78. The number of amides is 1. The normalized spacial score (nSPS) is 12.2. The van der Waals surface area contributed by atoms with Crippen molar-refractivity contribution < 1.29 is 17.9 Å². The number of anilines is 2. The summed E-state index contributed by atoms with van der Waals surface area (Å²) in [5.74, 6) is 0.244. The Morgan fingerprint density at radius 3 is 2.25 bits per heavy atom. The summed E-state index contributed by atoms with van der Waals surface area (Å²) in [6, 6.07) is 15.8. The Morgan fingerprint density at radius 2 is 1.62 bits per heavy atom. The fourth-order valence-electron chi connectivity index (χ4n) is 2.78. The number of rotatable bonds is 7. The summed E-state index contributed by atoms with van der Waals surface area (Å²) in [5, 5.41) is 3.30. The molecule has 0 spiro atoms. The van der Waals surface area contributed by atoms with Crippen molar-refractivity contribution in [3.05, 3.63) is 81.8 Å². The maximum Gasteiger partial charge on any atom is 0.265 e. The first-order valence-electron chi connectivity index (χ1n) is 9.68. The van der Waals surface area contributed by atoms with Crippen LogP contribution in [0.15, 0.2) is 65.6 Å². The standard InChI is InChI=1S/C23H22Cl2N2O4S/c1-14-4-8-19(12-15(14)2)31-16(3)23(28)26-18-6-9-20(10-7-18)32(29,30)27-22-11-5-17(24)13-21(22)25/h4-13,16,27H,1-3H3,(H,26,28)/t16-/m1/s1. The fourth-order valence-corrected chi connectivity index (χ4v) is 4.37. The highest BCUT2D eigenvalue weighted by Gasteiger charge is 2.18. The van der Waals surface area contributed by atoms with Gasteiger partial charge in [-0.1, -0.05) is 29.3 Å². The van der Waals surface area contributed by atoms with Crippen LogP contribution < -0.4 is 14.8 Å². The second-order valence-electron chi connectivity index (χ2n) is 7.25. The molecule has 0 aliphatic carbocycles. The Labute approximate surface area is 197 Å². The van der Waals surface area contributed by atoms with Crippen LogP contribution in [0.25, 0.3) is 0 Å². The Kier molecular flexibility index (Phi) is 7.33. The van der Waals surface area contributed by atoms with E-state index in [-0.39, 0.29) is 21.5 Å². The molecule has 6 nitrogen and oxygen atoms in total. The van der Waals surface area contributed by atoms with Gasteiger partial charge in [-0.2, -0.15) is 0 Å². The lowest BCUT2D eigenvalue weighted by atomic mass is 10.1. The average Bonchev–Trinajstić information content (AvgIpc) is 2.73. The maximum atomic E-state index is 12.6. The first kappa shape index (κ1) is 23.9. The van der Waals surface area contributed by atoms with Gasteiger partial charge in [0.1, 0.15) is 5.75 Å². The molecule has 0 unspecified atom stereocenters. The van der Waals surface area contributed by atoms with Crippen molar-refractivity contribution in [2.45, 2.75) is 31.8 Å². The fraction of sp³-hybridized carbons (Fsp3) is 0.174. The van der Waals surface area contributed by atoms with E-state index < -0.39 is 16.1 Å². The van der Waals surface area contributed by atoms with Crippen LogP contribution >= 0.6 is 23.2 Å². The smallest absolute Gasteiger partial charge is 0.265 e. The summed E-state index contributed by atoms with van der Waals surface area (Å²) >= 11 is 11.9. The lowest BCUT2D eigenvalue weighted by Gasteiger charge is -2.16. The zero-order valence-corrected chi connectivity index (χ0v) is 20.0. The average molecular weight is 493 g/mol. The Balaban J connectivity index is 1.65. The molecule has 0 saturated carbocycles. The summed E-state index contributed by atoms with van der Waals surface area (Å²) in [6.07, 6.45) is -0.741. The number of aryl methyl sites for hydroxylation is 2. The molecule has 0 fully saturated rings. The number of halogens is 2. The summed E-state index contributed by atoms with van der Waals surface area (Å²) in [4.78, 5) is 12.5. The van der Waals surface area contributed by atoms with Gasteiger partial charge in [-0.15, -0.1) is 0 Å². The van der Waals surface area contributed by atoms with Crippen molar-refractivity contribution >= 4 is 50.5 Å². The van der Waals surface area contributed by atoms with Crippen LogP contribution in [0, 0.1) is 13.8 Å². The number of hydrogen-bond donors (Lipinski definition) is 2. The third-order valence-corrected chi connectivity index (χ3v) is 6.70. The van der Waals surface area contributed by atoms with Gasteiger partial charge in [0.25, 0.3) is 15.9 Å². The summed E-state index contributed by atoms with van der Waals surface area (Å²) < 4.78 is 33.4. The molecule has 2 N–H and O–H groups in total. The molecule has 0 aromatic heterocycles. The lowest BCUT2D eigenvalue weighted by Crippen LogP contribution is -2.30. The van der Waals surface area contributed by atoms with E-state index in [1.165, 1.54) is 42.5 Å². The van der Waals surface area contributed by atoms with Crippen molar-refractivity contribution in [1.29, 1.82) is 0 Å². The number of hydrogen-bond acceptors (Lipinski definition) is 4. The van der Waals surface area contributed by atoms with Crippen molar-refractivity contribution in [1.82, 2.24) is 0 Å². The molecule has 3 aromatic rings. The van der Waals surface area contributed by atoms with Crippen LogP contribution in [-0.2, 0) is 14.8 Å². The van der Waals surface area contributed by atoms with Crippen LogP contribution in [0.4, 0.5) is 11.4 Å². The Bertz CT molecular complexity index is 1250. The predicted molar refractivity (Wildman–Crippen MR) is 128 cm³/mol. The van der Waals surface area contributed by atoms with Crippen molar-refractivity contribution in [2.75, 3.05) is 10.0 Å². The largest absolute Gasteiger partial charge is 0.481 e. The van der Waals surface area contributed by atoms with Crippen LogP contribution in [0.5, 0.6) is 5.75 Å². The van der Waals surface area contributed by atoms with E-state index >= 15 is 0 Å². The number of carbonyl (C=O) groups is 1. The molecule has 0 aliphatic rings. The number of sulfonamides is 1. The summed E-state index contributed by atoms with van der Waals surface area (Å²) in [6.45, 7) is 5.61. The van der Waals surface area contributed by atoms with Crippen molar-refractivity contribution in [3.63, 3.8) is 0 Å². The monoisotopic (exact) mass is 492 g/mol. The molecule has 0 heterocycles. The van der Waals surface area contributed by atoms with Gasteiger partial charge in [-0.3, -0.25) is 9.52 Å². The van der Waals surface area contributed by atoms with E-state index in [2.05, 4.69) is 10.0 Å². The van der Waals surface area contributed by atoms with Gasteiger partial charge in [-0.05, 0) is 86.5 Å². The third kappa shape index (κ3) is 5.94. The van der Waals surface area contributed by atoms with Gasteiger partial charge in [0.2, 0.25) is 0 Å². The van der Waals surface area contributed by atoms with Crippen LogP contribution in [-0.4, -0.2) is 20.4 Å². The number of ether oxygens (including phenoxy) is 1. The van der Waals surface area contributed by atoms with E-state index in [4.69, 9.17) is 27.9 Å². The molecule has 0 bridgehead atoms. The number of carbonyl (C=O) groups excluding carboxylic acids is 1. The minimum atomic E-state index is -3.87. The quantitative estimate of drug-likeness (QED) is 0.435. The molecule has 168 valence electrons. The highest BCUT2D eigenvalue weighted by Crippen LogP contribution is 2.28. The molecule has 9 heteroatoms. The van der Waals surface area contributed by atoms with Crippen molar-refractivity contribution in [3.8, 4) is 5.75 Å². The highest BCUT2D eigenvalue weighted by molar-refractivity contribution is 7.92. The lowest BCUT2D eigenvalue weighted by molar-refractivity contribution is -0.122. The van der Waals surface area contributed by atoms with Gasteiger partial charge in [0, 0.05) is 10.7 Å². The molecule has 1 atom stereocenters. The zero-order valence-electron chi connectivity index (χ0n) is 17.6.